The molecule has 0 saturated carbocycles. The summed E-state index contributed by atoms with van der Waals surface area (Å²) in [5.41, 5.74) is 2.09. The molecule has 8 heteroatoms. The van der Waals surface area contributed by atoms with E-state index >= 15 is 0 Å². The van der Waals surface area contributed by atoms with E-state index in [9.17, 15) is 9.59 Å². The summed E-state index contributed by atoms with van der Waals surface area (Å²) in [4.78, 5) is 28.6. The third-order valence-electron chi connectivity index (χ3n) is 4.02. The highest BCUT2D eigenvalue weighted by atomic mass is 32.1. The number of hydrogen-bond donors (Lipinski definition) is 2. The topological polar surface area (TPSA) is 89.6 Å². The average molecular weight is 423 g/mol. The van der Waals surface area contributed by atoms with Gasteiger partial charge in [-0.2, -0.15) is 0 Å². The number of benzene rings is 2. The summed E-state index contributed by atoms with van der Waals surface area (Å²) in [5.74, 6) is 0.595. The van der Waals surface area contributed by atoms with E-state index in [1.807, 2.05) is 30.3 Å². The van der Waals surface area contributed by atoms with Crippen LogP contribution in [0.2, 0.25) is 0 Å². The van der Waals surface area contributed by atoms with Gasteiger partial charge in [0.1, 0.15) is 0 Å². The van der Waals surface area contributed by atoms with Crippen molar-refractivity contribution in [3.05, 3.63) is 71.2 Å². The van der Waals surface area contributed by atoms with Crippen molar-refractivity contribution in [1.29, 1.82) is 0 Å². The quantitative estimate of drug-likeness (QED) is 0.535. The van der Waals surface area contributed by atoms with Crippen molar-refractivity contribution in [2.75, 3.05) is 24.9 Å². The molecule has 1 heterocycles. The molecule has 0 atom stereocenters. The van der Waals surface area contributed by atoms with E-state index in [-0.39, 0.29) is 18.2 Å². The molecule has 3 rings (SSSR count). The number of carbonyl (C=O) groups is 2. The summed E-state index contributed by atoms with van der Waals surface area (Å²) in [6.07, 6.45) is 3.25. The fourth-order valence-electron chi connectivity index (χ4n) is 2.61. The highest BCUT2D eigenvalue weighted by molar-refractivity contribution is 7.14. The highest BCUT2D eigenvalue weighted by Gasteiger charge is 2.11. The molecule has 1 aromatic heterocycles. The van der Waals surface area contributed by atoms with Crippen molar-refractivity contribution < 1.29 is 19.1 Å². The van der Waals surface area contributed by atoms with Crippen molar-refractivity contribution in [1.82, 2.24) is 4.98 Å². The number of nitrogens with zero attached hydrogens (tertiary/aromatic N) is 1. The molecule has 2 aromatic carbocycles. The van der Waals surface area contributed by atoms with Gasteiger partial charge in [-0.1, -0.05) is 30.3 Å². The minimum atomic E-state index is -0.283. The van der Waals surface area contributed by atoms with Gasteiger partial charge in [-0.3, -0.25) is 14.9 Å². The molecule has 3 aromatic rings. The Morgan fingerprint density at radius 1 is 1.03 bits per heavy atom. The molecule has 0 fully saturated rings. The van der Waals surface area contributed by atoms with Crippen molar-refractivity contribution in [3.8, 4) is 11.5 Å². The van der Waals surface area contributed by atoms with Gasteiger partial charge in [-0.25, -0.2) is 4.98 Å². The predicted octanol–water partition coefficient (Wildman–Crippen LogP) is 3.99. The van der Waals surface area contributed by atoms with Crippen LogP contribution in [0, 0.1) is 0 Å². The molecular formula is C22H21N3O4S. The number of methoxy groups -OCH3 is 2. The zero-order chi connectivity index (χ0) is 21.3. The van der Waals surface area contributed by atoms with Gasteiger partial charge in [0.2, 0.25) is 11.8 Å². The molecule has 0 aliphatic rings. The third kappa shape index (κ3) is 5.92. The van der Waals surface area contributed by atoms with E-state index in [4.69, 9.17) is 9.47 Å². The fourth-order valence-corrected chi connectivity index (χ4v) is 3.33. The molecule has 0 bridgehead atoms. The summed E-state index contributed by atoms with van der Waals surface area (Å²) in [6, 6.07) is 14.7. The number of anilines is 2. The molecule has 0 saturated heterocycles. The zero-order valence-electron chi connectivity index (χ0n) is 16.5. The predicted molar refractivity (Wildman–Crippen MR) is 118 cm³/mol. The van der Waals surface area contributed by atoms with Gasteiger partial charge in [0.05, 0.1) is 26.3 Å². The van der Waals surface area contributed by atoms with Gasteiger partial charge in [0, 0.05) is 23.2 Å². The lowest BCUT2D eigenvalue weighted by Crippen LogP contribution is -2.15. The number of amides is 2. The van der Waals surface area contributed by atoms with Crippen LogP contribution in [0.4, 0.5) is 10.8 Å². The summed E-state index contributed by atoms with van der Waals surface area (Å²) in [5, 5.41) is 7.68. The maximum Gasteiger partial charge on any atom is 0.250 e. The normalized spacial score (nSPS) is 10.6. The molecule has 30 heavy (non-hydrogen) atoms. The second kappa shape index (κ2) is 10.2. The van der Waals surface area contributed by atoms with E-state index in [0.29, 0.717) is 28.0 Å². The Morgan fingerprint density at radius 2 is 1.80 bits per heavy atom. The summed E-state index contributed by atoms with van der Waals surface area (Å²) in [7, 11) is 3.08. The van der Waals surface area contributed by atoms with Crippen molar-refractivity contribution >= 4 is 40.0 Å². The molecule has 2 N–H and O–H groups in total. The maximum absolute atomic E-state index is 12.3. The van der Waals surface area contributed by atoms with E-state index < -0.39 is 0 Å². The van der Waals surface area contributed by atoms with Crippen LogP contribution in [-0.4, -0.2) is 31.0 Å². The highest BCUT2D eigenvalue weighted by Crippen LogP contribution is 2.29. The van der Waals surface area contributed by atoms with Crippen LogP contribution in [-0.2, 0) is 16.0 Å². The Bertz CT molecular complexity index is 1050. The number of aromatic nitrogens is 1. The van der Waals surface area contributed by atoms with E-state index in [1.54, 1.807) is 36.8 Å². The maximum atomic E-state index is 12.3. The summed E-state index contributed by atoms with van der Waals surface area (Å²) < 4.78 is 10.4. The first-order valence-electron chi connectivity index (χ1n) is 9.08. The molecule has 2 amide bonds. The largest absolute Gasteiger partial charge is 0.493 e. The van der Waals surface area contributed by atoms with Gasteiger partial charge in [0.25, 0.3) is 0 Å². The fraction of sp³-hybridized carbons (Fsp3) is 0.136. The molecule has 154 valence electrons. The first-order valence-corrected chi connectivity index (χ1v) is 9.95. The van der Waals surface area contributed by atoms with Crippen LogP contribution in [0.5, 0.6) is 11.5 Å². The number of hydrogen-bond acceptors (Lipinski definition) is 6. The summed E-state index contributed by atoms with van der Waals surface area (Å²) >= 11 is 1.27. The van der Waals surface area contributed by atoms with Crippen LogP contribution >= 0.6 is 11.3 Å². The van der Waals surface area contributed by atoms with Crippen LogP contribution in [0.25, 0.3) is 6.08 Å². The van der Waals surface area contributed by atoms with Gasteiger partial charge in [-0.05, 0) is 23.8 Å². The lowest BCUT2D eigenvalue weighted by atomic mass is 10.2. The van der Waals surface area contributed by atoms with Crippen LogP contribution < -0.4 is 20.1 Å². The Labute approximate surface area is 178 Å². The average Bonchev–Trinajstić information content (AvgIpc) is 3.19. The van der Waals surface area contributed by atoms with Crippen molar-refractivity contribution in [2.24, 2.45) is 0 Å². The van der Waals surface area contributed by atoms with E-state index in [1.165, 1.54) is 24.5 Å². The van der Waals surface area contributed by atoms with E-state index in [0.717, 1.165) is 5.56 Å². The molecule has 0 radical (unpaired) electrons. The number of carbonyl (C=O) groups excluding carboxylic acids is 2. The summed E-state index contributed by atoms with van der Waals surface area (Å²) in [6.45, 7) is 0. The minimum absolute atomic E-state index is 0.0839. The van der Waals surface area contributed by atoms with Crippen molar-refractivity contribution in [2.45, 2.75) is 6.42 Å². The Morgan fingerprint density at radius 3 is 2.53 bits per heavy atom. The van der Waals surface area contributed by atoms with Gasteiger partial charge in [-0.15, -0.1) is 11.3 Å². The third-order valence-corrected chi connectivity index (χ3v) is 4.82. The smallest absolute Gasteiger partial charge is 0.250 e. The SMILES string of the molecule is COc1ccc(NC(=O)Cc2csc(NC(=O)/C=C/c3ccccc3)n2)cc1OC. The van der Waals surface area contributed by atoms with Crippen LogP contribution in [0.15, 0.2) is 60.0 Å². The zero-order valence-corrected chi connectivity index (χ0v) is 17.4. The first kappa shape index (κ1) is 21.1. The van der Waals surface area contributed by atoms with Gasteiger partial charge < -0.3 is 14.8 Å². The lowest BCUT2D eigenvalue weighted by molar-refractivity contribution is -0.115. The minimum Gasteiger partial charge on any atom is -0.493 e. The molecule has 0 spiro atoms. The number of nitrogens with one attached hydrogen (secondary N) is 2. The Kier molecular flexibility index (Phi) is 7.18. The van der Waals surface area contributed by atoms with Crippen molar-refractivity contribution in [3.63, 3.8) is 0 Å². The first-order chi connectivity index (χ1) is 14.6. The second-order valence-electron chi connectivity index (χ2n) is 6.17. The number of ether oxygens (including phenoxy) is 2. The lowest BCUT2D eigenvalue weighted by Gasteiger charge is -2.10. The molecule has 0 aliphatic heterocycles. The van der Waals surface area contributed by atoms with Gasteiger partial charge >= 0.3 is 0 Å². The second-order valence-corrected chi connectivity index (χ2v) is 7.03. The molecular weight excluding hydrogens is 402 g/mol. The Hall–Kier alpha value is -3.65. The monoisotopic (exact) mass is 423 g/mol. The molecule has 0 unspecified atom stereocenters. The molecule has 7 nitrogen and oxygen atoms in total. The van der Waals surface area contributed by atoms with Gasteiger partial charge in [0.15, 0.2) is 16.6 Å². The number of rotatable bonds is 8. The van der Waals surface area contributed by atoms with E-state index in [2.05, 4.69) is 15.6 Å². The van der Waals surface area contributed by atoms with Crippen LogP contribution in [0.1, 0.15) is 11.3 Å². The van der Waals surface area contributed by atoms with Crippen LogP contribution in [0.3, 0.4) is 0 Å². The standard InChI is InChI=1S/C22H21N3O4S/c1-28-18-10-9-16(12-19(18)29-2)23-21(27)13-17-14-30-22(24-17)25-20(26)11-8-15-6-4-3-5-7-15/h3-12,14H,13H2,1-2H3,(H,23,27)(H,24,25,26)/b11-8+. The number of thiazole rings is 1. The molecule has 0 aliphatic carbocycles. The Balaban J connectivity index is 1.54.